The molecule has 1 heterocycles. The first-order valence-electron chi connectivity index (χ1n) is 6.97. The van der Waals surface area contributed by atoms with E-state index in [1.165, 1.54) is 11.4 Å². The van der Waals surface area contributed by atoms with Gasteiger partial charge in [0.15, 0.2) is 0 Å². The van der Waals surface area contributed by atoms with E-state index >= 15 is 0 Å². The number of rotatable bonds is 2. The average Bonchev–Trinajstić information content (AvgIpc) is 2.53. The van der Waals surface area contributed by atoms with Crippen LogP contribution >= 0.6 is 0 Å². The molecule has 1 aliphatic rings. The van der Waals surface area contributed by atoms with Gasteiger partial charge in [0, 0.05) is 30.3 Å². The molecule has 1 aliphatic heterocycles. The van der Waals surface area contributed by atoms with Crippen LogP contribution in [0.4, 0.5) is 5.69 Å². The van der Waals surface area contributed by atoms with Gasteiger partial charge in [-0.3, -0.25) is 9.10 Å². The summed E-state index contributed by atoms with van der Waals surface area (Å²) in [5, 5.41) is 2.75. The number of fused-ring (bicyclic) bond motifs is 3. The van der Waals surface area contributed by atoms with Gasteiger partial charge in [-0.25, -0.2) is 8.42 Å². The molecule has 2 aromatic carbocycles. The van der Waals surface area contributed by atoms with Gasteiger partial charge in [-0.1, -0.05) is 18.2 Å². The minimum Gasteiger partial charge on any atom is -0.352 e. The smallest absolute Gasteiger partial charge is 0.264 e. The molecule has 1 amide bonds. The van der Waals surface area contributed by atoms with Crippen LogP contribution in [-0.4, -0.2) is 27.9 Å². The van der Waals surface area contributed by atoms with Crippen molar-refractivity contribution in [3.05, 3.63) is 48.0 Å². The summed E-state index contributed by atoms with van der Waals surface area (Å²) in [5.74, 6) is -0.168. The maximum atomic E-state index is 12.5. The van der Waals surface area contributed by atoms with Crippen molar-refractivity contribution in [3.63, 3.8) is 0 Å². The Labute approximate surface area is 129 Å². The topological polar surface area (TPSA) is 66.5 Å². The molecule has 5 nitrogen and oxygen atoms in total. The minimum absolute atomic E-state index is 0.168. The predicted octanol–water partition coefficient (Wildman–Crippen LogP) is 2.24. The largest absolute Gasteiger partial charge is 0.352 e. The molecule has 0 saturated carbocycles. The second-order valence-electron chi connectivity index (χ2n) is 5.06. The number of carbonyl (C=O) groups excluding carboxylic acids is 1. The molecule has 0 spiro atoms. The molecular weight excluding hydrogens is 300 g/mol. The number of sulfonamides is 1. The zero-order valence-corrected chi connectivity index (χ0v) is 13.1. The van der Waals surface area contributed by atoms with Crippen molar-refractivity contribution in [2.24, 2.45) is 0 Å². The summed E-state index contributed by atoms with van der Waals surface area (Å²) in [6.45, 7) is 2.40. The first-order valence-corrected chi connectivity index (χ1v) is 8.41. The molecule has 0 saturated heterocycles. The van der Waals surface area contributed by atoms with Crippen molar-refractivity contribution >= 4 is 21.6 Å². The number of nitrogens with one attached hydrogen (secondary N) is 1. The summed E-state index contributed by atoms with van der Waals surface area (Å²) in [6.07, 6.45) is 0. The van der Waals surface area contributed by atoms with Crippen molar-refractivity contribution < 1.29 is 13.2 Å². The predicted molar refractivity (Wildman–Crippen MR) is 85.5 cm³/mol. The lowest BCUT2D eigenvalue weighted by Gasteiger charge is -2.29. The molecule has 114 valence electrons. The third kappa shape index (κ3) is 2.07. The standard InChI is InChI=1S/C16H16N2O3S/c1-3-17-16(19)11-8-9-14-13(10-11)12-6-4-5-7-15(12)22(20,21)18(14)2/h4-10H,3H2,1-2H3,(H,17,19). The van der Waals surface area contributed by atoms with Gasteiger partial charge in [0.2, 0.25) is 0 Å². The molecule has 2 aromatic rings. The summed E-state index contributed by atoms with van der Waals surface area (Å²) in [7, 11) is -2.02. The second kappa shape index (κ2) is 5.14. The zero-order valence-electron chi connectivity index (χ0n) is 12.3. The molecule has 0 unspecified atom stereocenters. The number of anilines is 1. The Kier molecular flexibility index (Phi) is 3.41. The van der Waals surface area contributed by atoms with Crippen molar-refractivity contribution in [2.75, 3.05) is 17.9 Å². The molecule has 0 fully saturated rings. The fourth-order valence-electron chi connectivity index (χ4n) is 2.62. The zero-order chi connectivity index (χ0) is 15.9. The normalized spacial score (nSPS) is 14.9. The Bertz CT molecular complexity index is 859. The summed E-state index contributed by atoms with van der Waals surface area (Å²) in [5.41, 5.74) is 2.47. The molecule has 0 radical (unpaired) electrons. The van der Waals surface area contributed by atoms with Gasteiger partial charge < -0.3 is 5.32 Å². The summed E-state index contributed by atoms with van der Waals surface area (Å²) >= 11 is 0. The Hall–Kier alpha value is -2.34. The number of carbonyl (C=O) groups is 1. The maximum absolute atomic E-state index is 12.5. The van der Waals surface area contributed by atoms with Gasteiger partial charge in [0.05, 0.1) is 10.6 Å². The quantitative estimate of drug-likeness (QED) is 0.924. The molecule has 0 bridgehead atoms. The van der Waals surface area contributed by atoms with Crippen LogP contribution in [0.15, 0.2) is 47.4 Å². The molecule has 22 heavy (non-hydrogen) atoms. The molecular formula is C16H16N2O3S. The fourth-order valence-corrected chi connectivity index (χ4v) is 4.04. The summed E-state index contributed by atoms with van der Waals surface area (Å²) < 4.78 is 26.3. The highest BCUT2D eigenvalue weighted by atomic mass is 32.2. The molecule has 6 heteroatoms. The number of hydrogen-bond donors (Lipinski definition) is 1. The molecule has 3 rings (SSSR count). The monoisotopic (exact) mass is 316 g/mol. The van der Waals surface area contributed by atoms with Gasteiger partial charge in [-0.2, -0.15) is 0 Å². The van der Waals surface area contributed by atoms with E-state index < -0.39 is 10.0 Å². The summed E-state index contributed by atoms with van der Waals surface area (Å²) in [4.78, 5) is 12.3. The summed E-state index contributed by atoms with van der Waals surface area (Å²) in [6, 6.07) is 11.9. The van der Waals surface area contributed by atoms with E-state index in [1.54, 1.807) is 42.5 Å². The minimum atomic E-state index is -3.54. The van der Waals surface area contributed by atoms with Gasteiger partial charge in [0.1, 0.15) is 0 Å². The van der Waals surface area contributed by atoms with Crippen LogP contribution < -0.4 is 9.62 Å². The van der Waals surface area contributed by atoms with Gasteiger partial charge >= 0.3 is 0 Å². The maximum Gasteiger partial charge on any atom is 0.264 e. The third-order valence-electron chi connectivity index (χ3n) is 3.75. The highest BCUT2D eigenvalue weighted by molar-refractivity contribution is 7.93. The molecule has 0 aromatic heterocycles. The van der Waals surface area contributed by atoms with Crippen LogP contribution in [0, 0.1) is 0 Å². The lowest BCUT2D eigenvalue weighted by atomic mass is 10.00. The fraction of sp³-hybridized carbons (Fsp3) is 0.188. The Morgan fingerprint density at radius 1 is 1.14 bits per heavy atom. The van der Waals surface area contributed by atoms with E-state index in [0.29, 0.717) is 23.4 Å². The average molecular weight is 316 g/mol. The van der Waals surface area contributed by atoms with Crippen LogP contribution in [0.2, 0.25) is 0 Å². The van der Waals surface area contributed by atoms with Crippen LogP contribution in [0.1, 0.15) is 17.3 Å². The lowest BCUT2D eigenvalue weighted by molar-refractivity contribution is 0.0956. The van der Waals surface area contributed by atoms with Crippen molar-refractivity contribution in [1.29, 1.82) is 0 Å². The highest BCUT2D eigenvalue weighted by Gasteiger charge is 2.32. The number of amides is 1. The number of benzene rings is 2. The van der Waals surface area contributed by atoms with E-state index in [4.69, 9.17) is 0 Å². The van der Waals surface area contributed by atoms with E-state index in [-0.39, 0.29) is 10.8 Å². The van der Waals surface area contributed by atoms with Crippen LogP contribution in [-0.2, 0) is 10.0 Å². The van der Waals surface area contributed by atoms with Crippen LogP contribution in [0.25, 0.3) is 11.1 Å². The van der Waals surface area contributed by atoms with Gasteiger partial charge in [-0.15, -0.1) is 0 Å². The first-order chi connectivity index (χ1) is 10.5. The number of nitrogens with zero attached hydrogens (tertiary/aromatic N) is 1. The molecule has 0 atom stereocenters. The Morgan fingerprint density at radius 3 is 2.59 bits per heavy atom. The third-order valence-corrected chi connectivity index (χ3v) is 5.58. The van der Waals surface area contributed by atoms with Crippen LogP contribution in [0.3, 0.4) is 0 Å². The van der Waals surface area contributed by atoms with E-state index in [1.807, 2.05) is 6.92 Å². The Balaban J connectivity index is 2.24. The first kappa shape index (κ1) is 14.6. The highest BCUT2D eigenvalue weighted by Crippen LogP contribution is 2.42. The van der Waals surface area contributed by atoms with Crippen LogP contribution in [0.5, 0.6) is 0 Å². The van der Waals surface area contributed by atoms with Crippen molar-refractivity contribution in [2.45, 2.75) is 11.8 Å². The molecule has 1 N–H and O–H groups in total. The van der Waals surface area contributed by atoms with Crippen molar-refractivity contribution in [1.82, 2.24) is 5.32 Å². The lowest BCUT2D eigenvalue weighted by Crippen LogP contribution is -2.31. The van der Waals surface area contributed by atoms with Gasteiger partial charge in [-0.05, 0) is 31.2 Å². The van der Waals surface area contributed by atoms with E-state index in [2.05, 4.69) is 5.32 Å². The SMILES string of the molecule is CCNC(=O)c1ccc2c(c1)-c1ccccc1S(=O)(=O)N2C. The molecule has 0 aliphatic carbocycles. The van der Waals surface area contributed by atoms with Gasteiger partial charge in [0.25, 0.3) is 15.9 Å². The van der Waals surface area contributed by atoms with E-state index in [0.717, 1.165) is 5.56 Å². The second-order valence-corrected chi connectivity index (χ2v) is 7.00. The van der Waals surface area contributed by atoms with E-state index in [9.17, 15) is 13.2 Å². The Morgan fingerprint density at radius 2 is 1.86 bits per heavy atom. The number of hydrogen-bond acceptors (Lipinski definition) is 3. The van der Waals surface area contributed by atoms with Crippen molar-refractivity contribution in [3.8, 4) is 11.1 Å².